The maximum atomic E-state index is 12.7. The highest BCUT2D eigenvalue weighted by Crippen LogP contribution is 2.22. The predicted molar refractivity (Wildman–Crippen MR) is 106 cm³/mol. The van der Waals surface area contributed by atoms with Crippen LogP contribution in [0.25, 0.3) is 0 Å². The monoisotopic (exact) mass is 421 g/mol. The van der Waals surface area contributed by atoms with E-state index in [1.165, 1.54) is 0 Å². The summed E-state index contributed by atoms with van der Waals surface area (Å²) in [6.45, 7) is 3.41. The van der Waals surface area contributed by atoms with Crippen LogP contribution in [-0.2, 0) is 10.8 Å². The summed E-state index contributed by atoms with van der Waals surface area (Å²) in [5.41, 5.74) is 1.26. The van der Waals surface area contributed by atoms with Gasteiger partial charge in [-0.2, -0.15) is 0 Å². The van der Waals surface area contributed by atoms with Crippen molar-refractivity contribution in [3.63, 3.8) is 0 Å². The highest BCUT2D eigenvalue weighted by Gasteiger charge is 2.23. The highest BCUT2D eigenvalue weighted by atomic mass is 79.9. The van der Waals surface area contributed by atoms with Gasteiger partial charge in [-0.1, -0.05) is 22.9 Å². The summed E-state index contributed by atoms with van der Waals surface area (Å²) in [5, 5.41) is 3.09. The van der Waals surface area contributed by atoms with Gasteiger partial charge in [0.2, 0.25) is 0 Å². The molecule has 2 atom stereocenters. The van der Waals surface area contributed by atoms with E-state index in [1.54, 1.807) is 18.3 Å². The lowest BCUT2D eigenvalue weighted by Gasteiger charge is -2.23. The molecule has 5 nitrogen and oxygen atoms in total. The van der Waals surface area contributed by atoms with Crippen molar-refractivity contribution < 1.29 is 9.00 Å². The lowest BCUT2D eigenvalue weighted by atomic mass is 10.2. The van der Waals surface area contributed by atoms with Crippen molar-refractivity contribution in [3.05, 3.63) is 52.6 Å². The Balaban J connectivity index is 1.81. The first kappa shape index (κ1) is 18.1. The Morgan fingerprint density at radius 3 is 2.80 bits per heavy atom. The number of carbonyl (C=O) groups is 1. The van der Waals surface area contributed by atoms with Gasteiger partial charge in [0.1, 0.15) is 5.82 Å². The summed E-state index contributed by atoms with van der Waals surface area (Å²) in [5.74, 6) is 1.07. The molecule has 1 aromatic heterocycles. The molecule has 1 aliphatic heterocycles. The standard InChI is InChI=1S/C18H20BrN3O2S/c1-13-8-10-22(11-12-25(13)24)17-16(3-2-9-20-17)18(23)21-15-6-4-14(19)5-7-15/h2-7,9,13H,8,10-12H2,1H3,(H,21,23)/t13-,25+/m1/s1. The number of rotatable bonds is 3. The second-order valence-corrected chi connectivity index (χ2v) is 8.90. The number of nitrogens with zero attached hydrogens (tertiary/aromatic N) is 2. The first-order valence-electron chi connectivity index (χ1n) is 8.18. The van der Waals surface area contributed by atoms with E-state index in [4.69, 9.17) is 0 Å². The van der Waals surface area contributed by atoms with Crippen molar-refractivity contribution in [1.29, 1.82) is 0 Å². The zero-order valence-corrected chi connectivity index (χ0v) is 16.3. The maximum Gasteiger partial charge on any atom is 0.259 e. The molecule has 0 spiro atoms. The summed E-state index contributed by atoms with van der Waals surface area (Å²) < 4.78 is 13.0. The molecule has 1 aliphatic rings. The zero-order valence-electron chi connectivity index (χ0n) is 13.9. The second kappa shape index (κ2) is 8.10. The fourth-order valence-corrected chi connectivity index (χ4v) is 4.19. The number of hydrogen-bond donors (Lipinski definition) is 1. The Labute approximate surface area is 158 Å². The van der Waals surface area contributed by atoms with E-state index in [0.717, 1.165) is 23.1 Å². The molecule has 1 saturated heterocycles. The smallest absolute Gasteiger partial charge is 0.259 e. The molecule has 0 saturated carbocycles. The minimum Gasteiger partial charge on any atom is -0.355 e. The van der Waals surface area contributed by atoms with Gasteiger partial charge in [0, 0.05) is 51.2 Å². The third-order valence-electron chi connectivity index (χ3n) is 4.25. The summed E-state index contributed by atoms with van der Waals surface area (Å²) >= 11 is 3.38. The van der Waals surface area contributed by atoms with Crippen LogP contribution in [0.3, 0.4) is 0 Å². The SMILES string of the molecule is C[C@@H]1CCN(c2ncccc2C(=O)Nc2ccc(Br)cc2)CC[S@@]1=O. The van der Waals surface area contributed by atoms with Gasteiger partial charge in [0.15, 0.2) is 0 Å². The summed E-state index contributed by atoms with van der Waals surface area (Å²) in [6.07, 6.45) is 2.52. The lowest BCUT2D eigenvalue weighted by Crippen LogP contribution is -2.29. The van der Waals surface area contributed by atoms with Crippen LogP contribution in [-0.4, -0.2) is 39.2 Å². The van der Waals surface area contributed by atoms with Crippen LogP contribution in [0.5, 0.6) is 0 Å². The Kier molecular flexibility index (Phi) is 5.86. The average molecular weight is 422 g/mol. The molecule has 132 valence electrons. The third-order valence-corrected chi connectivity index (χ3v) is 6.50. The second-order valence-electron chi connectivity index (χ2n) is 6.01. The molecule has 3 rings (SSSR count). The van der Waals surface area contributed by atoms with Crippen LogP contribution in [0.2, 0.25) is 0 Å². The molecule has 1 amide bonds. The van der Waals surface area contributed by atoms with Crippen molar-refractivity contribution >= 4 is 44.1 Å². The Morgan fingerprint density at radius 1 is 1.28 bits per heavy atom. The van der Waals surface area contributed by atoms with Gasteiger partial charge < -0.3 is 10.2 Å². The van der Waals surface area contributed by atoms with Gasteiger partial charge in [-0.05, 0) is 42.8 Å². The summed E-state index contributed by atoms with van der Waals surface area (Å²) in [6, 6.07) is 11.0. The molecule has 0 bridgehead atoms. The van der Waals surface area contributed by atoms with Crippen LogP contribution in [0.4, 0.5) is 11.5 Å². The number of anilines is 2. The fraction of sp³-hybridized carbons (Fsp3) is 0.333. The van der Waals surface area contributed by atoms with E-state index in [-0.39, 0.29) is 11.2 Å². The lowest BCUT2D eigenvalue weighted by molar-refractivity contribution is 0.102. The van der Waals surface area contributed by atoms with E-state index in [2.05, 4.69) is 31.1 Å². The van der Waals surface area contributed by atoms with Crippen molar-refractivity contribution in [2.24, 2.45) is 0 Å². The maximum absolute atomic E-state index is 12.7. The Hall–Kier alpha value is -1.73. The van der Waals surface area contributed by atoms with Crippen molar-refractivity contribution in [3.8, 4) is 0 Å². The molecular formula is C18H20BrN3O2S. The van der Waals surface area contributed by atoms with E-state index < -0.39 is 10.8 Å². The minimum absolute atomic E-state index is 0.175. The molecule has 1 fully saturated rings. The molecule has 7 heteroatoms. The quantitative estimate of drug-likeness (QED) is 0.823. The molecule has 2 heterocycles. The van der Waals surface area contributed by atoms with Crippen molar-refractivity contribution in [2.45, 2.75) is 18.6 Å². The zero-order chi connectivity index (χ0) is 17.8. The van der Waals surface area contributed by atoms with Gasteiger partial charge in [0.05, 0.1) is 5.56 Å². The van der Waals surface area contributed by atoms with Gasteiger partial charge in [-0.25, -0.2) is 4.98 Å². The minimum atomic E-state index is -0.822. The van der Waals surface area contributed by atoms with Crippen LogP contribution in [0, 0.1) is 0 Å². The van der Waals surface area contributed by atoms with E-state index in [0.29, 0.717) is 23.7 Å². The number of amides is 1. The molecule has 0 aliphatic carbocycles. The molecule has 1 N–H and O–H groups in total. The van der Waals surface area contributed by atoms with Gasteiger partial charge in [-0.3, -0.25) is 9.00 Å². The fourth-order valence-electron chi connectivity index (χ4n) is 2.75. The van der Waals surface area contributed by atoms with Crippen LogP contribution in [0.15, 0.2) is 47.1 Å². The van der Waals surface area contributed by atoms with Crippen molar-refractivity contribution in [1.82, 2.24) is 4.98 Å². The summed E-state index contributed by atoms with van der Waals surface area (Å²) in [7, 11) is -0.822. The van der Waals surface area contributed by atoms with Crippen LogP contribution in [0.1, 0.15) is 23.7 Å². The van der Waals surface area contributed by atoms with Crippen LogP contribution < -0.4 is 10.2 Å². The first-order valence-corrected chi connectivity index (χ1v) is 10.4. The van der Waals surface area contributed by atoms with Crippen LogP contribution >= 0.6 is 15.9 Å². The Morgan fingerprint density at radius 2 is 2.04 bits per heavy atom. The third kappa shape index (κ3) is 4.46. The van der Waals surface area contributed by atoms with E-state index in [9.17, 15) is 9.00 Å². The Bertz CT molecular complexity index is 782. The number of halogens is 1. The topological polar surface area (TPSA) is 62.3 Å². The first-order chi connectivity index (χ1) is 12.0. The highest BCUT2D eigenvalue weighted by molar-refractivity contribution is 9.10. The largest absolute Gasteiger partial charge is 0.355 e. The normalized spacial score (nSPS) is 20.8. The van der Waals surface area contributed by atoms with Crippen molar-refractivity contribution in [2.75, 3.05) is 29.1 Å². The number of nitrogens with one attached hydrogen (secondary N) is 1. The molecule has 0 radical (unpaired) electrons. The van der Waals surface area contributed by atoms with E-state index in [1.807, 2.05) is 31.2 Å². The molecule has 25 heavy (non-hydrogen) atoms. The molecule has 1 aromatic carbocycles. The number of benzene rings is 1. The number of carbonyl (C=O) groups excluding carboxylic acids is 1. The molecule has 0 unspecified atom stereocenters. The van der Waals surface area contributed by atoms with Gasteiger partial charge >= 0.3 is 0 Å². The van der Waals surface area contributed by atoms with E-state index >= 15 is 0 Å². The number of hydrogen-bond acceptors (Lipinski definition) is 4. The number of pyridine rings is 1. The summed E-state index contributed by atoms with van der Waals surface area (Å²) in [4.78, 5) is 19.2. The molecular weight excluding hydrogens is 402 g/mol. The van der Waals surface area contributed by atoms with Gasteiger partial charge in [-0.15, -0.1) is 0 Å². The van der Waals surface area contributed by atoms with Gasteiger partial charge in [0.25, 0.3) is 5.91 Å². The predicted octanol–water partition coefficient (Wildman–Crippen LogP) is 3.44. The number of aromatic nitrogens is 1. The average Bonchev–Trinajstić information content (AvgIpc) is 2.79. The molecule has 2 aromatic rings.